The Morgan fingerprint density at radius 3 is 2.12 bits per heavy atom. The zero-order valence-electron chi connectivity index (χ0n) is 17.5. The summed E-state index contributed by atoms with van der Waals surface area (Å²) in [7, 11) is 0. The van der Waals surface area contributed by atoms with Crippen LogP contribution in [0, 0.1) is 0 Å². The number of aromatic nitrogens is 4. The van der Waals surface area contributed by atoms with Crippen molar-refractivity contribution in [2.75, 3.05) is 0 Å². The molecule has 2 aromatic carbocycles. The Labute approximate surface area is 199 Å². The Hall–Kier alpha value is -2.60. The first kappa shape index (κ1) is 24.5. The maximum Gasteiger partial charge on any atom is 0.447 e. The zero-order chi connectivity index (χ0) is 24.3. The maximum absolute atomic E-state index is 13.2. The van der Waals surface area contributed by atoms with Crippen molar-refractivity contribution in [1.82, 2.24) is 19.6 Å². The van der Waals surface area contributed by atoms with Gasteiger partial charge in [-0.15, -0.1) is 5.10 Å². The third-order valence-electron chi connectivity index (χ3n) is 4.95. The normalized spacial score (nSPS) is 12.5. The molecule has 0 amide bonds. The van der Waals surface area contributed by atoms with Gasteiger partial charge in [-0.25, -0.2) is 4.68 Å². The van der Waals surface area contributed by atoms with Crippen LogP contribution in [0.1, 0.15) is 12.8 Å². The largest absolute Gasteiger partial charge is 0.447 e. The second-order valence-electron chi connectivity index (χ2n) is 7.34. The number of unbranched alkanes of at least 4 members (excludes halogenated alkanes) is 1. The molecule has 4 rings (SSSR count). The number of para-hydroxylation sites is 1. The zero-order valence-corrected chi connectivity index (χ0v) is 19.1. The number of alkyl halides is 6. The molecule has 0 spiro atoms. The van der Waals surface area contributed by atoms with E-state index in [1.165, 1.54) is 10.9 Å². The van der Waals surface area contributed by atoms with Crippen molar-refractivity contribution in [2.24, 2.45) is 0 Å². The predicted octanol–water partition coefficient (Wildman–Crippen LogP) is 7.60. The van der Waals surface area contributed by atoms with Crippen LogP contribution in [0.3, 0.4) is 0 Å². The van der Waals surface area contributed by atoms with Crippen molar-refractivity contribution < 1.29 is 26.3 Å². The molecule has 4 aromatic rings. The number of hydrogen-bond donors (Lipinski definition) is 0. The van der Waals surface area contributed by atoms with Gasteiger partial charge in [0.15, 0.2) is 0 Å². The van der Waals surface area contributed by atoms with Gasteiger partial charge in [0.25, 0.3) is 0 Å². The van der Waals surface area contributed by atoms with E-state index in [0.717, 1.165) is 0 Å². The molecular weight excluding hydrogens is 498 g/mol. The van der Waals surface area contributed by atoms with E-state index in [-0.39, 0.29) is 45.7 Å². The van der Waals surface area contributed by atoms with Crippen LogP contribution < -0.4 is 0 Å². The fraction of sp³-hybridized carbons (Fsp3) is 0.273. The molecule has 0 saturated heterocycles. The number of halogens is 6. The highest BCUT2D eigenvalue weighted by molar-refractivity contribution is 8.00. The van der Waals surface area contributed by atoms with Crippen LogP contribution in [0.25, 0.3) is 22.2 Å². The minimum absolute atomic E-state index is 0.0889. The summed E-state index contributed by atoms with van der Waals surface area (Å²) in [5.41, 5.74) is -7.53. The van der Waals surface area contributed by atoms with Gasteiger partial charge in [0, 0.05) is 52.4 Å². The lowest BCUT2D eigenvalue weighted by Crippen LogP contribution is -2.08. The van der Waals surface area contributed by atoms with E-state index in [1.807, 2.05) is 0 Å². The minimum atomic E-state index is -4.50. The molecule has 0 atom stereocenters. The number of hydrogen-bond acceptors (Lipinski definition) is 4. The third-order valence-corrected chi connectivity index (χ3v) is 6.55. The monoisotopic (exact) mass is 516 g/mol. The molecule has 4 nitrogen and oxygen atoms in total. The average Bonchev–Trinajstić information content (AvgIpc) is 3.31. The van der Waals surface area contributed by atoms with Gasteiger partial charge in [0.2, 0.25) is 0 Å². The van der Waals surface area contributed by atoms with Crippen LogP contribution in [0.15, 0.2) is 70.7 Å². The Kier molecular flexibility index (Phi) is 7.17. The van der Waals surface area contributed by atoms with Gasteiger partial charge in [0.05, 0.1) is 0 Å². The second-order valence-corrected chi connectivity index (χ2v) is 9.50. The maximum atomic E-state index is 13.2. The van der Waals surface area contributed by atoms with Gasteiger partial charge in [-0.2, -0.15) is 26.3 Å². The van der Waals surface area contributed by atoms with E-state index in [1.54, 1.807) is 59.2 Å². The minimum Gasteiger partial charge on any atom is -0.346 e. The number of thioether (sulfide) groups is 2. The Balaban J connectivity index is 1.47. The molecule has 0 radical (unpaired) electrons. The molecule has 0 bridgehead atoms. The second kappa shape index (κ2) is 9.95. The highest BCUT2D eigenvalue weighted by Gasteiger charge is 2.34. The molecule has 0 aliphatic heterocycles. The predicted molar refractivity (Wildman–Crippen MR) is 120 cm³/mol. The molecule has 0 N–H and O–H groups in total. The van der Waals surface area contributed by atoms with E-state index in [9.17, 15) is 26.3 Å². The van der Waals surface area contributed by atoms with Crippen LogP contribution in [-0.2, 0) is 13.1 Å². The molecule has 2 aromatic heterocycles. The summed E-state index contributed by atoms with van der Waals surface area (Å²) in [4.78, 5) is 0.121. The number of aryl methyl sites for hydroxylation is 2. The van der Waals surface area contributed by atoms with E-state index >= 15 is 0 Å². The van der Waals surface area contributed by atoms with Gasteiger partial charge in [-0.1, -0.05) is 53.7 Å². The molecular formula is C22H18F6N4S2. The lowest BCUT2D eigenvalue weighted by molar-refractivity contribution is -0.0338. The van der Waals surface area contributed by atoms with Crippen LogP contribution in [-0.4, -0.2) is 30.6 Å². The lowest BCUT2D eigenvalue weighted by Gasteiger charge is -2.10. The van der Waals surface area contributed by atoms with Crippen molar-refractivity contribution in [3.05, 3.63) is 60.8 Å². The molecule has 0 aliphatic rings. The van der Waals surface area contributed by atoms with E-state index < -0.39 is 11.0 Å². The molecule has 2 heterocycles. The average molecular weight is 517 g/mol. The van der Waals surface area contributed by atoms with Crippen LogP contribution in [0.4, 0.5) is 26.3 Å². The van der Waals surface area contributed by atoms with Gasteiger partial charge >= 0.3 is 11.0 Å². The van der Waals surface area contributed by atoms with Gasteiger partial charge in [0.1, 0.15) is 10.7 Å². The standard InChI is InChI=1S/C22H18F6N4S2/c23-21(24,25)33-18-14-31(17-11-5-4-10-16(17)18)12-6-7-13-32-20(34-22(26,27)28)19(29-30-32)15-8-2-1-3-9-15/h1-5,8-11,14H,6-7,12-13H2. The summed E-state index contributed by atoms with van der Waals surface area (Å²) in [6.45, 7) is 0.614. The molecule has 0 unspecified atom stereocenters. The Bertz CT molecular complexity index is 1250. The first-order valence-corrected chi connectivity index (χ1v) is 11.8. The van der Waals surface area contributed by atoms with E-state index in [2.05, 4.69) is 10.3 Å². The van der Waals surface area contributed by atoms with Crippen molar-refractivity contribution in [1.29, 1.82) is 0 Å². The molecule has 0 saturated carbocycles. The van der Waals surface area contributed by atoms with Gasteiger partial charge in [-0.05, 0) is 30.7 Å². The summed E-state index contributed by atoms with van der Waals surface area (Å²) in [6.07, 6.45) is 2.47. The molecule has 12 heteroatoms. The Morgan fingerprint density at radius 1 is 0.765 bits per heavy atom. The van der Waals surface area contributed by atoms with Crippen molar-refractivity contribution in [3.8, 4) is 11.3 Å². The summed E-state index contributed by atoms with van der Waals surface area (Å²) in [6, 6.07) is 15.3. The molecule has 0 fully saturated rings. The summed E-state index contributed by atoms with van der Waals surface area (Å²) in [5, 5.41) is 8.31. The number of fused-ring (bicyclic) bond motifs is 1. The summed E-state index contributed by atoms with van der Waals surface area (Å²) >= 11 is -0.414. The molecule has 0 aliphatic carbocycles. The van der Waals surface area contributed by atoms with Crippen LogP contribution >= 0.6 is 23.5 Å². The lowest BCUT2D eigenvalue weighted by atomic mass is 10.2. The third kappa shape index (κ3) is 6.09. The Morgan fingerprint density at radius 2 is 1.41 bits per heavy atom. The van der Waals surface area contributed by atoms with Crippen molar-refractivity contribution in [3.63, 3.8) is 0 Å². The van der Waals surface area contributed by atoms with Gasteiger partial charge in [-0.3, -0.25) is 0 Å². The smallest absolute Gasteiger partial charge is 0.346 e. The molecule has 180 valence electrons. The van der Waals surface area contributed by atoms with Crippen LogP contribution in [0.2, 0.25) is 0 Å². The summed E-state index contributed by atoms with van der Waals surface area (Å²) in [5.74, 6) is 0. The van der Waals surface area contributed by atoms with Crippen molar-refractivity contribution in [2.45, 2.75) is 46.9 Å². The highest BCUT2D eigenvalue weighted by atomic mass is 32.2. The van der Waals surface area contributed by atoms with Gasteiger partial charge < -0.3 is 4.57 Å². The number of nitrogens with zero attached hydrogens (tertiary/aromatic N) is 4. The SMILES string of the molecule is FC(F)(F)Sc1cn(CCCCn2nnc(-c3ccccc3)c2SC(F)(F)F)c2ccccc12. The number of benzene rings is 2. The fourth-order valence-corrected chi connectivity index (χ4v) is 5.01. The van der Waals surface area contributed by atoms with E-state index in [0.29, 0.717) is 35.9 Å². The van der Waals surface area contributed by atoms with Crippen molar-refractivity contribution >= 4 is 34.4 Å². The first-order chi connectivity index (χ1) is 16.1. The highest BCUT2D eigenvalue weighted by Crippen LogP contribution is 2.42. The topological polar surface area (TPSA) is 35.6 Å². The van der Waals surface area contributed by atoms with Crippen LogP contribution in [0.5, 0.6) is 0 Å². The first-order valence-electron chi connectivity index (χ1n) is 10.2. The van der Waals surface area contributed by atoms with E-state index in [4.69, 9.17) is 0 Å². The quantitative estimate of drug-likeness (QED) is 0.137. The number of rotatable bonds is 8. The summed E-state index contributed by atoms with van der Waals surface area (Å²) < 4.78 is 81.2. The molecule has 34 heavy (non-hydrogen) atoms. The fourth-order valence-electron chi connectivity index (χ4n) is 3.59.